The molecule has 0 fully saturated rings. The molecule has 1 atom stereocenters. The second kappa shape index (κ2) is 5.68. The van der Waals surface area contributed by atoms with Gasteiger partial charge in [-0.15, -0.1) is 0 Å². The van der Waals surface area contributed by atoms with Crippen molar-refractivity contribution in [1.82, 2.24) is 9.97 Å². The van der Waals surface area contributed by atoms with Crippen LogP contribution in [0.15, 0.2) is 6.33 Å². The van der Waals surface area contributed by atoms with Gasteiger partial charge >= 0.3 is 0 Å². The average molecular weight is 223 g/mol. The Kier molecular flexibility index (Phi) is 4.52. The summed E-state index contributed by atoms with van der Waals surface area (Å²) in [6, 6.07) is 0. The molecular formula is C12H21N3O. The predicted octanol–water partition coefficient (Wildman–Crippen LogP) is 2.82. The number of hydrogen-bond acceptors (Lipinski definition) is 4. The maximum absolute atomic E-state index is 5.81. The molecule has 0 saturated heterocycles. The zero-order valence-corrected chi connectivity index (χ0v) is 10.7. The highest BCUT2D eigenvalue weighted by molar-refractivity contribution is 5.50. The van der Waals surface area contributed by atoms with E-state index in [0.717, 1.165) is 17.8 Å². The number of nitrogens with one attached hydrogen (secondary N) is 1. The van der Waals surface area contributed by atoms with Crippen LogP contribution in [0.4, 0.5) is 5.82 Å². The van der Waals surface area contributed by atoms with E-state index in [9.17, 15) is 0 Å². The van der Waals surface area contributed by atoms with Crippen LogP contribution >= 0.6 is 0 Å². The minimum atomic E-state index is 0.178. The molecular weight excluding hydrogens is 202 g/mol. The van der Waals surface area contributed by atoms with E-state index in [1.54, 1.807) is 0 Å². The highest BCUT2D eigenvalue weighted by Gasteiger charge is 2.16. The number of anilines is 1. The summed E-state index contributed by atoms with van der Waals surface area (Å²) in [7, 11) is 1.86. The minimum absolute atomic E-state index is 0.178. The fraction of sp³-hybridized carbons (Fsp3) is 0.667. The molecule has 0 spiro atoms. The number of aromatic nitrogens is 2. The molecule has 1 unspecified atom stereocenters. The molecule has 1 N–H and O–H groups in total. The van der Waals surface area contributed by atoms with Crippen molar-refractivity contribution in [2.75, 3.05) is 12.4 Å². The Morgan fingerprint density at radius 1 is 1.31 bits per heavy atom. The molecule has 1 heterocycles. The van der Waals surface area contributed by atoms with Gasteiger partial charge in [-0.3, -0.25) is 0 Å². The van der Waals surface area contributed by atoms with E-state index in [4.69, 9.17) is 4.74 Å². The standard InChI is InChI=1S/C12H21N3O/c1-6-9(4)16-12-10(8(2)3)11(13-5)14-7-15-12/h7-9H,6H2,1-5H3,(H,13,14,15). The Labute approximate surface area is 97.5 Å². The normalized spacial score (nSPS) is 12.6. The van der Waals surface area contributed by atoms with Crippen molar-refractivity contribution < 1.29 is 4.74 Å². The minimum Gasteiger partial charge on any atom is -0.474 e. The first-order valence-corrected chi connectivity index (χ1v) is 5.79. The third kappa shape index (κ3) is 2.84. The van der Waals surface area contributed by atoms with Crippen molar-refractivity contribution in [3.63, 3.8) is 0 Å². The summed E-state index contributed by atoms with van der Waals surface area (Å²) < 4.78 is 5.81. The van der Waals surface area contributed by atoms with Gasteiger partial charge < -0.3 is 10.1 Å². The van der Waals surface area contributed by atoms with E-state index in [2.05, 4.69) is 36.1 Å². The zero-order valence-electron chi connectivity index (χ0n) is 10.7. The Morgan fingerprint density at radius 2 is 2.00 bits per heavy atom. The molecule has 4 nitrogen and oxygen atoms in total. The zero-order chi connectivity index (χ0) is 12.1. The molecule has 4 heteroatoms. The van der Waals surface area contributed by atoms with Crippen LogP contribution < -0.4 is 10.1 Å². The summed E-state index contributed by atoms with van der Waals surface area (Å²) in [4.78, 5) is 8.43. The average Bonchev–Trinajstić information content (AvgIpc) is 2.28. The smallest absolute Gasteiger partial charge is 0.222 e. The molecule has 90 valence electrons. The lowest BCUT2D eigenvalue weighted by Crippen LogP contribution is -2.14. The van der Waals surface area contributed by atoms with Crippen molar-refractivity contribution in [2.24, 2.45) is 0 Å². The number of hydrogen-bond donors (Lipinski definition) is 1. The first-order valence-electron chi connectivity index (χ1n) is 5.79. The van der Waals surface area contributed by atoms with Crippen molar-refractivity contribution in [3.05, 3.63) is 11.9 Å². The summed E-state index contributed by atoms with van der Waals surface area (Å²) in [5, 5.41) is 3.08. The van der Waals surface area contributed by atoms with Crippen molar-refractivity contribution in [1.29, 1.82) is 0 Å². The SMILES string of the molecule is CCC(C)Oc1ncnc(NC)c1C(C)C. The topological polar surface area (TPSA) is 47.0 Å². The van der Waals surface area contributed by atoms with Crippen LogP contribution in [-0.2, 0) is 0 Å². The first-order chi connectivity index (χ1) is 7.60. The quantitative estimate of drug-likeness (QED) is 0.833. The van der Waals surface area contributed by atoms with E-state index in [-0.39, 0.29) is 6.10 Å². The second-order valence-electron chi connectivity index (χ2n) is 4.18. The van der Waals surface area contributed by atoms with Gasteiger partial charge in [0.05, 0.1) is 11.7 Å². The lowest BCUT2D eigenvalue weighted by Gasteiger charge is -2.18. The Bertz CT molecular complexity index is 339. The monoisotopic (exact) mass is 223 g/mol. The van der Waals surface area contributed by atoms with Gasteiger partial charge in [0, 0.05) is 7.05 Å². The van der Waals surface area contributed by atoms with Gasteiger partial charge in [0.25, 0.3) is 0 Å². The summed E-state index contributed by atoms with van der Waals surface area (Å²) >= 11 is 0. The third-order valence-electron chi connectivity index (χ3n) is 2.55. The number of nitrogens with zero attached hydrogens (tertiary/aromatic N) is 2. The van der Waals surface area contributed by atoms with E-state index in [0.29, 0.717) is 11.8 Å². The van der Waals surface area contributed by atoms with Crippen LogP contribution in [0.25, 0.3) is 0 Å². The predicted molar refractivity (Wildman–Crippen MR) is 66.0 cm³/mol. The van der Waals surface area contributed by atoms with Crippen molar-refractivity contribution in [2.45, 2.75) is 46.1 Å². The molecule has 0 aliphatic carbocycles. The van der Waals surface area contributed by atoms with Crippen LogP contribution in [0.2, 0.25) is 0 Å². The van der Waals surface area contributed by atoms with Crippen LogP contribution in [-0.4, -0.2) is 23.1 Å². The molecule has 0 amide bonds. The van der Waals surface area contributed by atoms with Crippen LogP contribution in [0.1, 0.15) is 45.6 Å². The lowest BCUT2D eigenvalue weighted by molar-refractivity contribution is 0.205. The van der Waals surface area contributed by atoms with Crippen LogP contribution in [0.3, 0.4) is 0 Å². The Morgan fingerprint density at radius 3 is 2.50 bits per heavy atom. The van der Waals surface area contributed by atoms with Gasteiger partial charge in [-0.1, -0.05) is 20.8 Å². The third-order valence-corrected chi connectivity index (χ3v) is 2.55. The van der Waals surface area contributed by atoms with E-state index in [1.807, 2.05) is 14.0 Å². The van der Waals surface area contributed by atoms with Gasteiger partial charge in [0.1, 0.15) is 12.1 Å². The Hall–Kier alpha value is -1.32. The Balaban J connectivity index is 3.07. The number of ether oxygens (including phenoxy) is 1. The highest BCUT2D eigenvalue weighted by Crippen LogP contribution is 2.30. The molecule has 1 aromatic heterocycles. The molecule has 0 saturated carbocycles. The molecule has 0 aromatic carbocycles. The summed E-state index contributed by atoms with van der Waals surface area (Å²) in [6.45, 7) is 8.37. The maximum Gasteiger partial charge on any atom is 0.222 e. The molecule has 16 heavy (non-hydrogen) atoms. The highest BCUT2D eigenvalue weighted by atomic mass is 16.5. The molecule has 0 aliphatic rings. The summed E-state index contributed by atoms with van der Waals surface area (Å²) in [5.41, 5.74) is 1.05. The van der Waals surface area contributed by atoms with E-state index in [1.165, 1.54) is 6.33 Å². The maximum atomic E-state index is 5.81. The summed E-state index contributed by atoms with van der Waals surface area (Å²) in [5.74, 6) is 1.88. The first kappa shape index (κ1) is 12.7. The van der Waals surface area contributed by atoms with Gasteiger partial charge in [-0.05, 0) is 19.3 Å². The van der Waals surface area contributed by atoms with Gasteiger partial charge in [-0.2, -0.15) is 0 Å². The van der Waals surface area contributed by atoms with Gasteiger partial charge in [0.15, 0.2) is 0 Å². The molecule has 0 bridgehead atoms. The van der Waals surface area contributed by atoms with E-state index < -0.39 is 0 Å². The second-order valence-corrected chi connectivity index (χ2v) is 4.18. The largest absolute Gasteiger partial charge is 0.474 e. The molecule has 1 rings (SSSR count). The van der Waals surface area contributed by atoms with Gasteiger partial charge in [0.2, 0.25) is 5.88 Å². The lowest BCUT2D eigenvalue weighted by atomic mass is 10.1. The van der Waals surface area contributed by atoms with Crippen molar-refractivity contribution in [3.8, 4) is 5.88 Å². The van der Waals surface area contributed by atoms with Crippen molar-refractivity contribution >= 4 is 5.82 Å². The fourth-order valence-corrected chi connectivity index (χ4v) is 1.47. The van der Waals surface area contributed by atoms with Crippen LogP contribution in [0.5, 0.6) is 5.88 Å². The number of rotatable bonds is 5. The molecule has 0 aliphatic heterocycles. The summed E-state index contributed by atoms with van der Waals surface area (Å²) in [6.07, 6.45) is 2.68. The molecule has 0 radical (unpaired) electrons. The fourth-order valence-electron chi connectivity index (χ4n) is 1.47. The van der Waals surface area contributed by atoms with E-state index >= 15 is 0 Å². The van der Waals surface area contributed by atoms with Gasteiger partial charge in [-0.25, -0.2) is 9.97 Å². The molecule has 1 aromatic rings. The van der Waals surface area contributed by atoms with Crippen LogP contribution in [0, 0.1) is 0 Å².